The maximum atomic E-state index is 14.0. The van der Waals surface area contributed by atoms with Crippen molar-refractivity contribution in [1.29, 1.82) is 0 Å². The normalized spacial score (nSPS) is 23.6. The SMILES string of the molecule is O=C1[C@H]2[C@@H](C(=O)N1c1ccc(F)c([N+](=O)[O-])c1)C1(O[C@H]2c2ccc(Cl)cc2)C(=O)c2ccccc2C1=O. The molecule has 2 fully saturated rings. The first-order valence-electron chi connectivity index (χ1n) is 11.1. The van der Waals surface area contributed by atoms with Crippen LogP contribution in [-0.4, -0.2) is 33.9 Å². The molecule has 3 aromatic rings. The number of imide groups is 1. The number of rotatable bonds is 3. The molecule has 0 bridgehead atoms. The number of fused-ring (bicyclic) bond motifs is 3. The van der Waals surface area contributed by atoms with Crippen LogP contribution < -0.4 is 4.90 Å². The number of carbonyl (C=O) groups is 4. The van der Waals surface area contributed by atoms with Crippen LogP contribution >= 0.6 is 11.6 Å². The van der Waals surface area contributed by atoms with Crippen molar-refractivity contribution in [3.63, 3.8) is 0 Å². The topological polar surface area (TPSA) is 124 Å². The summed E-state index contributed by atoms with van der Waals surface area (Å²) in [7, 11) is 0. The smallest absolute Gasteiger partial charge is 0.306 e. The minimum Gasteiger partial charge on any atom is -0.349 e. The van der Waals surface area contributed by atoms with E-state index in [-0.39, 0.29) is 16.8 Å². The Morgan fingerprint density at radius 3 is 2.14 bits per heavy atom. The van der Waals surface area contributed by atoms with E-state index in [9.17, 15) is 33.7 Å². The molecule has 0 radical (unpaired) electrons. The summed E-state index contributed by atoms with van der Waals surface area (Å²) in [6, 6.07) is 14.8. The third-order valence-corrected chi connectivity index (χ3v) is 7.35. The number of Topliss-reactive ketones (excluding diaryl/α,β-unsaturated/α-hetero) is 2. The van der Waals surface area contributed by atoms with Gasteiger partial charge < -0.3 is 4.74 Å². The van der Waals surface area contributed by atoms with Crippen molar-refractivity contribution in [3.8, 4) is 0 Å². The first-order chi connectivity index (χ1) is 17.7. The lowest BCUT2D eigenvalue weighted by molar-refractivity contribution is -0.387. The lowest BCUT2D eigenvalue weighted by Crippen LogP contribution is -2.51. The Bertz CT molecular complexity index is 1540. The highest BCUT2D eigenvalue weighted by Crippen LogP contribution is 2.57. The summed E-state index contributed by atoms with van der Waals surface area (Å²) >= 11 is 6.00. The molecule has 1 spiro atoms. The Balaban J connectivity index is 1.54. The highest BCUT2D eigenvalue weighted by molar-refractivity contribution is 6.37. The number of halogens is 2. The van der Waals surface area contributed by atoms with Gasteiger partial charge in [-0.25, -0.2) is 4.90 Å². The number of amides is 2. The van der Waals surface area contributed by atoms with E-state index in [0.29, 0.717) is 15.5 Å². The van der Waals surface area contributed by atoms with Gasteiger partial charge in [0, 0.05) is 22.2 Å². The summed E-state index contributed by atoms with van der Waals surface area (Å²) < 4.78 is 20.1. The molecule has 9 nitrogen and oxygen atoms in total. The fourth-order valence-corrected chi connectivity index (χ4v) is 5.63. The maximum Gasteiger partial charge on any atom is 0.306 e. The van der Waals surface area contributed by atoms with Gasteiger partial charge in [-0.15, -0.1) is 0 Å². The molecule has 2 heterocycles. The summed E-state index contributed by atoms with van der Waals surface area (Å²) in [5, 5.41) is 11.7. The molecule has 2 amide bonds. The van der Waals surface area contributed by atoms with Crippen molar-refractivity contribution in [2.24, 2.45) is 11.8 Å². The van der Waals surface area contributed by atoms with Gasteiger partial charge in [0.25, 0.3) is 0 Å². The van der Waals surface area contributed by atoms with Crippen LogP contribution in [0.25, 0.3) is 0 Å². The summed E-state index contributed by atoms with van der Waals surface area (Å²) in [5.74, 6) is -7.26. The number of hydrogen-bond donors (Lipinski definition) is 0. The van der Waals surface area contributed by atoms with Gasteiger partial charge in [-0.2, -0.15) is 4.39 Å². The summed E-state index contributed by atoms with van der Waals surface area (Å²) in [5.41, 5.74) is -2.94. The van der Waals surface area contributed by atoms with E-state index >= 15 is 0 Å². The number of nitrogens with zero attached hydrogens (tertiary/aromatic N) is 2. The van der Waals surface area contributed by atoms with Gasteiger partial charge in [-0.1, -0.05) is 48.0 Å². The Kier molecular flexibility index (Phi) is 4.91. The number of ether oxygens (including phenoxy) is 1. The van der Waals surface area contributed by atoms with Crippen molar-refractivity contribution in [2.45, 2.75) is 11.7 Å². The van der Waals surface area contributed by atoms with Crippen molar-refractivity contribution in [1.82, 2.24) is 0 Å². The van der Waals surface area contributed by atoms with Gasteiger partial charge in [0.2, 0.25) is 34.8 Å². The molecule has 184 valence electrons. The molecule has 0 saturated carbocycles. The average molecular weight is 521 g/mol. The second-order valence-corrected chi connectivity index (χ2v) is 9.37. The van der Waals surface area contributed by atoms with E-state index in [2.05, 4.69) is 0 Å². The maximum absolute atomic E-state index is 14.0. The van der Waals surface area contributed by atoms with Crippen LogP contribution in [0.1, 0.15) is 32.4 Å². The highest BCUT2D eigenvalue weighted by Gasteiger charge is 2.74. The largest absolute Gasteiger partial charge is 0.349 e. The molecule has 2 saturated heterocycles. The first kappa shape index (κ1) is 23.1. The zero-order valence-electron chi connectivity index (χ0n) is 18.6. The second kappa shape index (κ2) is 7.86. The van der Waals surface area contributed by atoms with Gasteiger partial charge >= 0.3 is 5.69 Å². The molecule has 2 aliphatic heterocycles. The standard InChI is InChI=1S/C26H14ClFN2O7/c27-13-7-5-12(6-8-13)21-19-20(26(37-21)22(31)15-3-1-2-4-16(15)23(26)32)25(34)29(24(19)33)14-9-10-17(28)18(11-14)30(35)36/h1-11,19-21H/t19-,20-,21-/m0/s1. The number of hydrogen-bond acceptors (Lipinski definition) is 7. The fourth-order valence-electron chi connectivity index (χ4n) is 5.51. The van der Waals surface area contributed by atoms with Crippen LogP contribution in [0.4, 0.5) is 15.8 Å². The predicted molar refractivity (Wildman–Crippen MR) is 126 cm³/mol. The van der Waals surface area contributed by atoms with E-state index in [4.69, 9.17) is 16.3 Å². The quantitative estimate of drug-likeness (QED) is 0.220. The Morgan fingerprint density at radius 1 is 0.919 bits per heavy atom. The second-order valence-electron chi connectivity index (χ2n) is 8.94. The third-order valence-electron chi connectivity index (χ3n) is 7.10. The number of benzene rings is 3. The zero-order valence-corrected chi connectivity index (χ0v) is 19.3. The predicted octanol–water partition coefficient (Wildman–Crippen LogP) is 4.08. The lowest BCUT2D eigenvalue weighted by atomic mass is 9.77. The van der Waals surface area contributed by atoms with Gasteiger partial charge in [0.15, 0.2) is 0 Å². The van der Waals surface area contributed by atoms with E-state index in [1.54, 1.807) is 24.3 Å². The van der Waals surface area contributed by atoms with Gasteiger partial charge in [0.1, 0.15) is 0 Å². The number of nitro benzene ring substituents is 1. The van der Waals surface area contributed by atoms with Gasteiger partial charge in [-0.05, 0) is 29.8 Å². The highest BCUT2D eigenvalue weighted by atomic mass is 35.5. The minimum absolute atomic E-state index is 0.0686. The van der Waals surface area contributed by atoms with Crippen LogP contribution in [0.5, 0.6) is 0 Å². The number of ketones is 2. The molecule has 3 aliphatic rings. The summed E-state index contributed by atoms with van der Waals surface area (Å²) in [4.78, 5) is 66.0. The Hall–Kier alpha value is -4.28. The van der Waals surface area contributed by atoms with Crippen LogP contribution in [0, 0.1) is 27.8 Å². The molecule has 0 aromatic heterocycles. The fraction of sp³-hybridized carbons (Fsp3) is 0.154. The molecular formula is C26H14ClFN2O7. The first-order valence-corrected chi connectivity index (χ1v) is 11.5. The molecular weight excluding hydrogens is 507 g/mol. The van der Waals surface area contributed by atoms with E-state index in [1.165, 1.54) is 24.3 Å². The van der Waals surface area contributed by atoms with Crippen LogP contribution in [-0.2, 0) is 14.3 Å². The minimum atomic E-state index is -2.30. The van der Waals surface area contributed by atoms with Crippen molar-refractivity contribution < 1.29 is 33.2 Å². The molecule has 3 aromatic carbocycles. The Morgan fingerprint density at radius 2 is 1.54 bits per heavy atom. The molecule has 0 unspecified atom stereocenters. The van der Waals surface area contributed by atoms with Gasteiger partial charge in [0.05, 0.1) is 28.6 Å². The van der Waals surface area contributed by atoms with Crippen LogP contribution in [0.15, 0.2) is 66.7 Å². The zero-order chi connectivity index (χ0) is 26.2. The summed E-state index contributed by atoms with van der Waals surface area (Å²) in [6.45, 7) is 0. The molecule has 0 N–H and O–H groups in total. The summed E-state index contributed by atoms with van der Waals surface area (Å²) in [6.07, 6.45) is -1.18. The average Bonchev–Trinajstić information content (AvgIpc) is 3.45. The van der Waals surface area contributed by atoms with Gasteiger partial charge in [-0.3, -0.25) is 29.3 Å². The van der Waals surface area contributed by atoms with Crippen LogP contribution in [0.2, 0.25) is 5.02 Å². The number of nitro groups is 1. The molecule has 6 rings (SSSR count). The molecule has 1 aliphatic carbocycles. The van der Waals surface area contributed by atoms with Crippen molar-refractivity contribution >= 4 is 46.4 Å². The third kappa shape index (κ3) is 3.00. The van der Waals surface area contributed by atoms with E-state index in [1.807, 2.05) is 0 Å². The monoisotopic (exact) mass is 520 g/mol. The number of anilines is 1. The van der Waals surface area contributed by atoms with Crippen LogP contribution in [0.3, 0.4) is 0 Å². The molecule has 11 heteroatoms. The van der Waals surface area contributed by atoms with E-state index < -0.39 is 63.3 Å². The Labute approximate surface area is 212 Å². The van der Waals surface area contributed by atoms with Crippen molar-refractivity contribution in [3.05, 3.63) is 104 Å². The molecule has 37 heavy (non-hydrogen) atoms. The van der Waals surface area contributed by atoms with Crippen molar-refractivity contribution in [2.75, 3.05) is 4.90 Å². The number of carbonyl (C=O) groups excluding carboxylic acids is 4. The molecule has 3 atom stereocenters. The van der Waals surface area contributed by atoms with E-state index in [0.717, 1.165) is 18.2 Å². The lowest BCUT2D eigenvalue weighted by Gasteiger charge is -2.27.